The van der Waals surface area contributed by atoms with E-state index in [0.717, 1.165) is 0 Å². The van der Waals surface area contributed by atoms with E-state index in [1.165, 1.54) is 18.3 Å². The number of carbonyl (C=O) groups is 1. The van der Waals surface area contributed by atoms with Gasteiger partial charge in [0.25, 0.3) is 5.69 Å². The van der Waals surface area contributed by atoms with Crippen molar-refractivity contribution in [3.05, 3.63) is 68.5 Å². The maximum atomic E-state index is 11.7. The summed E-state index contributed by atoms with van der Waals surface area (Å²) in [5, 5.41) is 10.9. The summed E-state index contributed by atoms with van der Waals surface area (Å²) < 4.78 is 5.23. The molecule has 1 aromatic heterocycles. The number of nitro groups is 1. The lowest BCUT2D eigenvalue weighted by atomic mass is 10.0. The number of hydrogen-bond acceptors (Lipinski definition) is 5. The van der Waals surface area contributed by atoms with Crippen LogP contribution in [0.1, 0.15) is 27.7 Å². The second-order valence-corrected chi connectivity index (χ2v) is 4.60. The number of carbonyl (C=O) groups excluding carboxylic acids is 1. The van der Waals surface area contributed by atoms with Crippen molar-refractivity contribution in [2.45, 2.75) is 6.10 Å². The molecule has 0 fully saturated rings. The summed E-state index contributed by atoms with van der Waals surface area (Å²) in [6.07, 6.45) is 0.799. The summed E-state index contributed by atoms with van der Waals surface area (Å²) in [7, 11) is 0. The zero-order chi connectivity index (χ0) is 14.3. The predicted molar refractivity (Wildman–Crippen MR) is 69.6 cm³/mol. The van der Waals surface area contributed by atoms with Crippen LogP contribution in [0.2, 0.25) is 5.02 Å². The molecule has 1 aliphatic rings. The zero-order valence-electron chi connectivity index (χ0n) is 9.95. The van der Waals surface area contributed by atoms with Crippen molar-refractivity contribution in [1.82, 2.24) is 4.98 Å². The highest BCUT2D eigenvalue weighted by atomic mass is 35.5. The van der Waals surface area contributed by atoms with E-state index in [1.807, 2.05) is 0 Å². The van der Waals surface area contributed by atoms with Gasteiger partial charge in [0, 0.05) is 17.8 Å². The summed E-state index contributed by atoms with van der Waals surface area (Å²) in [5.74, 6) is -0.490. The number of halogens is 1. The molecule has 1 aliphatic heterocycles. The van der Waals surface area contributed by atoms with Crippen LogP contribution in [0.25, 0.3) is 0 Å². The fourth-order valence-corrected chi connectivity index (χ4v) is 2.27. The summed E-state index contributed by atoms with van der Waals surface area (Å²) >= 11 is 5.76. The van der Waals surface area contributed by atoms with Crippen molar-refractivity contribution >= 4 is 23.3 Å². The van der Waals surface area contributed by atoms with E-state index in [9.17, 15) is 14.9 Å². The lowest BCUT2D eigenvalue weighted by molar-refractivity contribution is -0.384. The van der Waals surface area contributed by atoms with E-state index in [-0.39, 0.29) is 10.7 Å². The van der Waals surface area contributed by atoms with Crippen molar-refractivity contribution in [2.75, 3.05) is 0 Å². The number of ether oxygens (including phenoxy) is 1. The number of fused-ring (bicyclic) bond motifs is 1. The Bertz CT molecular complexity index is 732. The molecular weight excluding hydrogens is 284 g/mol. The molecule has 0 spiro atoms. The van der Waals surface area contributed by atoms with Gasteiger partial charge in [-0.1, -0.05) is 17.7 Å². The van der Waals surface area contributed by atoms with Crippen LogP contribution in [0.3, 0.4) is 0 Å². The largest absolute Gasteiger partial charge is 0.447 e. The maximum absolute atomic E-state index is 11.7. The highest BCUT2D eigenvalue weighted by Gasteiger charge is 2.34. The van der Waals surface area contributed by atoms with E-state index < -0.39 is 17.0 Å². The first-order valence-corrected chi connectivity index (χ1v) is 6.05. The van der Waals surface area contributed by atoms with E-state index in [2.05, 4.69) is 4.98 Å². The minimum absolute atomic E-state index is 0.0318. The standard InChI is InChI=1S/C13H7ClN2O4/c14-9-4-3-7(6-10(9)16(18)19)12-11-8(13(17)20-12)2-1-5-15-11/h1-6,12H. The van der Waals surface area contributed by atoms with Gasteiger partial charge < -0.3 is 4.74 Å². The van der Waals surface area contributed by atoms with Gasteiger partial charge in [0.15, 0.2) is 6.10 Å². The van der Waals surface area contributed by atoms with Crippen LogP contribution in [0.4, 0.5) is 5.69 Å². The molecule has 0 N–H and O–H groups in total. The predicted octanol–water partition coefficient (Wildman–Crippen LogP) is 2.90. The molecule has 1 aromatic carbocycles. The van der Waals surface area contributed by atoms with Gasteiger partial charge in [-0.2, -0.15) is 0 Å². The van der Waals surface area contributed by atoms with Crippen LogP contribution >= 0.6 is 11.6 Å². The Morgan fingerprint density at radius 3 is 2.90 bits per heavy atom. The first-order valence-electron chi connectivity index (χ1n) is 5.67. The number of hydrogen-bond donors (Lipinski definition) is 0. The Hall–Kier alpha value is -2.47. The highest BCUT2D eigenvalue weighted by Crippen LogP contribution is 2.37. The second-order valence-electron chi connectivity index (χ2n) is 4.19. The third-order valence-corrected chi connectivity index (χ3v) is 3.32. The van der Waals surface area contributed by atoms with Crippen molar-refractivity contribution in [2.24, 2.45) is 0 Å². The molecule has 1 unspecified atom stereocenters. The topological polar surface area (TPSA) is 82.3 Å². The van der Waals surface area contributed by atoms with E-state index in [0.29, 0.717) is 16.8 Å². The summed E-state index contributed by atoms with van der Waals surface area (Å²) in [6.45, 7) is 0. The first kappa shape index (κ1) is 12.6. The van der Waals surface area contributed by atoms with E-state index in [1.54, 1.807) is 18.2 Å². The van der Waals surface area contributed by atoms with Gasteiger partial charge in [-0.15, -0.1) is 0 Å². The van der Waals surface area contributed by atoms with E-state index >= 15 is 0 Å². The smallest absolute Gasteiger partial charge is 0.341 e. The summed E-state index contributed by atoms with van der Waals surface area (Å²) in [5.41, 5.74) is 1.06. The number of aromatic nitrogens is 1. The summed E-state index contributed by atoms with van der Waals surface area (Å²) in [6, 6.07) is 7.52. The number of cyclic esters (lactones) is 1. The molecule has 20 heavy (non-hydrogen) atoms. The minimum Gasteiger partial charge on any atom is -0.447 e. The Labute approximate surface area is 118 Å². The second kappa shape index (κ2) is 4.57. The molecule has 3 rings (SSSR count). The number of esters is 1. The van der Waals surface area contributed by atoms with Crippen molar-refractivity contribution in [3.63, 3.8) is 0 Å². The van der Waals surface area contributed by atoms with Crippen molar-refractivity contribution < 1.29 is 14.5 Å². The van der Waals surface area contributed by atoms with Gasteiger partial charge in [-0.3, -0.25) is 15.1 Å². The number of pyridine rings is 1. The molecule has 0 bridgehead atoms. The van der Waals surface area contributed by atoms with Crippen LogP contribution in [0.5, 0.6) is 0 Å². The van der Waals surface area contributed by atoms with Crippen LogP contribution < -0.4 is 0 Å². The van der Waals surface area contributed by atoms with Gasteiger partial charge in [-0.05, 0) is 18.2 Å². The van der Waals surface area contributed by atoms with Gasteiger partial charge >= 0.3 is 5.97 Å². The molecular formula is C13H7ClN2O4. The maximum Gasteiger partial charge on any atom is 0.341 e. The molecule has 0 radical (unpaired) electrons. The zero-order valence-corrected chi connectivity index (χ0v) is 10.7. The van der Waals surface area contributed by atoms with Gasteiger partial charge in [0.05, 0.1) is 10.5 Å². The molecule has 2 heterocycles. The van der Waals surface area contributed by atoms with Gasteiger partial charge in [0.2, 0.25) is 0 Å². The van der Waals surface area contributed by atoms with Crippen LogP contribution in [-0.4, -0.2) is 15.9 Å². The molecule has 1 atom stereocenters. The molecule has 0 amide bonds. The van der Waals surface area contributed by atoms with Gasteiger partial charge in [-0.25, -0.2) is 4.79 Å². The highest BCUT2D eigenvalue weighted by molar-refractivity contribution is 6.32. The third kappa shape index (κ3) is 1.90. The Morgan fingerprint density at radius 1 is 1.35 bits per heavy atom. The average Bonchev–Trinajstić information content (AvgIpc) is 2.77. The third-order valence-electron chi connectivity index (χ3n) is 3.00. The number of nitrogens with zero attached hydrogens (tertiary/aromatic N) is 2. The molecule has 0 saturated carbocycles. The SMILES string of the molecule is O=C1OC(c2ccc(Cl)c([N+](=O)[O-])c2)c2ncccc21. The fourth-order valence-electron chi connectivity index (χ4n) is 2.08. The van der Waals surface area contributed by atoms with Crippen molar-refractivity contribution in [1.29, 1.82) is 0 Å². The molecule has 2 aromatic rings. The minimum atomic E-state index is -0.741. The fraction of sp³-hybridized carbons (Fsp3) is 0.0769. The summed E-state index contributed by atoms with van der Waals surface area (Å²) in [4.78, 5) is 26.1. The van der Waals surface area contributed by atoms with Crippen LogP contribution in [0.15, 0.2) is 36.5 Å². The average molecular weight is 291 g/mol. The van der Waals surface area contributed by atoms with Gasteiger partial charge in [0.1, 0.15) is 10.7 Å². The Kier molecular flexibility index (Phi) is 2.87. The van der Waals surface area contributed by atoms with Crippen molar-refractivity contribution in [3.8, 4) is 0 Å². The van der Waals surface area contributed by atoms with E-state index in [4.69, 9.17) is 16.3 Å². The molecule has 100 valence electrons. The molecule has 6 nitrogen and oxygen atoms in total. The first-order chi connectivity index (χ1) is 9.58. The molecule has 0 aliphatic carbocycles. The normalized spacial score (nSPS) is 16.6. The lowest BCUT2D eigenvalue weighted by Crippen LogP contribution is -2.02. The molecule has 0 saturated heterocycles. The van der Waals surface area contributed by atoms with Crippen LogP contribution in [0, 0.1) is 10.1 Å². The Balaban J connectivity index is 2.10. The number of rotatable bonds is 2. The number of benzene rings is 1. The monoisotopic (exact) mass is 290 g/mol. The van der Waals surface area contributed by atoms with Crippen LogP contribution in [-0.2, 0) is 4.74 Å². The number of nitro benzene ring substituents is 1. The quantitative estimate of drug-likeness (QED) is 0.482. The lowest BCUT2D eigenvalue weighted by Gasteiger charge is -2.10. The molecule has 7 heteroatoms. The Morgan fingerprint density at radius 2 is 2.15 bits per heavy atom.